The summed E-state index contributed by atoms with van der Waals surface area (Å²) in [4.78, 5) is 169. The maximum absolute atomic E-state index is 12.5. The van der Waals surface area contributed by atoms with Gasteiger partial charge < -0.3 is 131 Å². The average Bonchev–Trinajstić information content (AvgIpc) is 0.873. The molecule has 100 heavy (non-hydrogen) atoms. The van der Waals surface area contributed by atoms with Crippen LogP contribution < -0.4 is 0 Å². The molecule has 582 valence electrons. The number of aliphatic hydroxyl groups excluding tert-OH is 4. The van der Waals surface area contributed by atoms with Gasteiger partial charge in [0, 0.05) is 35.1 Å². The SMILES string of the molecule is C=C(C)C(=O)OCCOC1CCC(COC(=O)C2CCC(OCCOC(=O)C(=C)C)C(O)C2)CC1O.C=C(C)C(=O)OCCOC1CCC(COC(=O)CCCCC(=O)OCC2CCC(O)C(OCCOC(=O)C(=C)C)C2)CC1O.O=P(O)(O)O.O=P(O)(O)O.O=P(O)(O)O.O=P(O)(O)O. The van der Waals surface area contributed by atoms with Crippen molar-refractivity contribution in [3.05, 3.63) is 48.6 Å². The van der Waals surface area contributed by atoms with Crippen molar-refractivity contribution in [2.75, 3.05) is 72.7 Å². The van der Waals surface area contributed by atoms with Crippen LogP contribution in [0.15, 0.2) is 48.6 Å². The lowest BCUT2D eigenvalue weighted by atomic mass is 9.84. The van der Waals surface area contributed by atoms with Crippen molar-refractivity contribution in [2.45, 2.75) is 179 Å². The van der Waals surface area contributed by atoms with Crippen LogP contribution >= 0.6 is 31.3 Å². The molecule has 0 aromatic heterocycles. The highest BCUT2D eigenvalue weighted by molar-refractivity contribution is 7.45. The average molecular weight is 1530 g/mol. The smallest absolute Gasteiger partial charge is 0.465 e. The molecule has 4 aliphatic carbocycles. The Hall–Kier alpha value is -4.63. The van der Waals surface area contributed by atoms with E-state index in [1.807, 2.05) is 0 Å². The maximum Gasteiger partial charge on any atom is 0.466 e. The number of carbonyl (C=O) groups is 7. The molecule has 38 nitrogen and oxygen atoms in total. The quantitative estimate of drug-likeness (QED) is 0.0147. The summed E-state index contributed by atoms with van der Waals surface area (Å²) in [5, 5.41) is 41.4. The van der Waals surface area contributed by atoms with E-state index in [-0.39, 0.29) is 140 Å². The third-order valence-corrected chi connectivity index (χ3v) is 14.1. The summed E-state index contributed by atoms with van der Waals surface area (Å²) in [5.41, 5.74) is 1.25. The number of aliphatic hydroxyl groups is 4. The van der Waals surface area contributed by atoms with Crippen molar-refractivity contribution in [1.82, 2.24) is 0 Å². The summed E-state index contributed by atoms with van der Waals surface area (Å²) in [6.07, 6.45) is 3.67. The van der Waals surface area contributed by atoms with Crippen molar-refractivity contribution in [1.29, 1.82) is 0 Å². The molecule has 0 saturated heterocycles. The van der Waals surface area contributed by atoms with Gasteiger partial charge in [-0.3, -0.25) is 14.4 Å². The van der Waals surface area contributed by atoms with Crippen LogP contribution in [0.25, 0.3) is 0 Å². The Morgan fingerprint density at radius 2 is 0.590 bits per heavy atom. The molecular formula is C58H102O38P4. The lowest BCUT2D eigenvalue weighted by Gasteiger charge is -2.34. The fourth-order valence-electron chi connectivity index (χ4n) is 9.40. The Bertz CT molecular complexity index is 2610. The molecule has 4 fully saturated rings. The lowest BCUT2D eigenvalue weighted by Crippen LogP contribution is -2.40. The molecule has 0 radical (unpaired) electrons. The van der Waals surface area contributed by atoms with Crippen LogP contribution in [0.5, 0.6) is 0 Å². The minimum Gasteiger partial charge on any atom is -0.465 e. The fraction of sp³-hybridized carbons (Fsp3) is 0.741. The maximum atomic E-state index is 12.5. The minimum absolute atomic E-state index is 0.0246. The molecule has 0 aliphatic heterocycles. The van der Waals surface area contributed by atoms with Crippen molar-refractivity contribution in [3.63, 3.8) is 0 Å². The largest absolute Gasteiger partial charge is 0.466 e. The topological polar surface area (TPSA) is 613 Å². The summed E-state index contributed by atoms with van der Waals surface area (Å²) < 4.78 is 94.4. The second-order valence-corrected chi connectivity index (χ2v) is 27.5. The zero-order valence-electron chi connectivity index (χ0n) is 56.3. The number of phosphoric acid groups is 4. The van der Waals surface area contributed by atoms with E-state index in [9.17, 15) is 54.0 Å². The first-order chi connectivity index (χ1) is 46.0. The monoisotopic (exact) mass is 1530 g/mol. The van der Waals surface area contributed by atoms with E-state index in [1.165, 1.54) is 0 Å². The fourth-order valence-corrected chi connectivity index (χ4v) is 9.40. The highest BCUT2D eigenvalue weighted by Gasteiger charge is 2.37. The van der Waals surface area contributed by atoms with Crippen molar-refractivity contribution >= 4 is 73.1 Å². The van der Waals surface area contributed by atoms with E-state index < -0.39 is 97.7 Å². The molecule has 0 bridgehead atoms. The molecule has 4 aliphatic rings. The highest BCUT2D eigenvalue weighted by atomic mass is 31.2. The zero-order chi connectivity index (χ0) is 77.1. The zero-order valence-corrected chi connectivity index (χ0v) is 59.9. The van der Waals surface area contributed by atoms with Crippen molar-refractivity contribution in [3.8, 4) is 0 Å². The van der Waals surface area contributed by atoms with E-state index in [4.69, 9.17) is 129 Å². The van der Waals surface area contributed by atoms with Gasteiger partial charge in [0.1, 0.15) is 26.4 Å². The first-order valence-corrected chi connectivity index (χ1v) is 37.4. The van der Waals surface area contributed by atoms with E-state index in [0.717, 1.165) is 12.8 Å². The van der Waals surface area contributed by atoms with Gasteiger partial charge >= 0.3 is 73.1 Å². The van der Waals surface area contributed by atoms with Crippen LogP contribution in [0.2, 0.25) is 0 Å². The van der Waals surface area contributed by atoms with Gasteiger partial charge in [0.2, 0.25) is 0 Å². The summed E-state index contributed by atoms with van der Waals surface area (Å²) in [6, 6.07) is 0. The van der Waals surface area contributed by atoms with Gasteiger partial charge in [-0.2, -0.15) is 0 Å². The summed E-state index contributed by atoms with van der Waals surface area (Å²) in [5.74, 6) is -3.24. The van der Waals surface area contributed by atoms with E-state index >= 15 is 0 Å². The highest BCUT2D eigenvalue weighted by Crippen LogP contribution is 2.33. The molecule has 0 aromatic carbocycles. The third kappa shape index (κ3) is 57.8. The second kappa shape index (κ2) is 51.5. The lowest BCUT2D eigenvalue weighted by molar-refractivity contribution is -0.159. The standard InChI is InChI=1S/C32H50O12.C26H40O10.4H3O4P/c1-21(2)31(37)41-15-13-39-27-12-10-23(17-26(27)34)19-43-29(35)7-5-6-8-30(36)44-20-24-9-11-25(33)28(18-24)40-14-16-42-32(38)22(3)4;1-16(2)24(29)34-11-9-32-22-7-5-18(13-20(22)27)15-36-26(31)19-6-8-23(21(28)14-19)33-10-12-35-25(30)17(3)4;4*1-5(2,3)4/h23-28,33-34H,1,3,5-20H2,2,4H3;18-23,27-28H,1,3,5-15H2,2,4H3;4*(H3,1,2,3,4). The Morgan fingerprint density at radius 3 is 0.880 bits per heavy atom. The van der Waals surface area contributed by atoms with Gasteiger partial charge in [-0.1, -0.05) is 26.3 Å². The molecule has 4 saturated carbocycles. The second-order valence-electron chi connectivity index (χ2n) is 23.4. The van der Waals surface area contributed by atoms with Crippen LogP contribution in [0, 0.1) is 23.7 Å². The number of hydrogen-bond acceptors (Lipinski definition) is 26. The van der Waals surface area contributed by atoms with E-state index in [0.29, 0.717) is 92.9 Å². The number of esters is 7. The Kier molecular flexibility index (Phi) is 50.2. The van der Waals surface area contributed by atoms with Crippen LogP contribution in [0.4, 0.5) is 0 Å². The van der Waals surface area contributed by atoms with E-state index in [2.05, 4.69) is 26.3 Å². The molecule has 0 spiro atoms. The van der Waals surface area contributed by atoms with Crippen LogP contribution in [-0.2, 0) is 104 Å². The predicted molar refractivity (Wildman–Crippen MR) is 344 cm³/mol. The van der Waals surface area contributed by atoms with Crippen molar-refractivity contribution in [2.24, 2.45) is 23.7 Å². The van der Waals surface area contributed by atoms with Gasteiger partial charge in [-0.05, 0) is 135 Å². The third-order valence-electron chi connectivity index (χ3n) is 14.1. The number of unbranched alkanes of at least 4 members (excludes halogenated alkanes) is 1. The summed E-state index contributed by atoms with van der Waals surface area (Å²) in [7, 11) is -18.6. The molecular weight excluding hydrogens is 1430 g/mol. The molecule has 42 heteroatoms. The van der Waals surface area contributed by atoms with E-state index in [1.54, 1.807) is 27.7 Å². The Labute approximate surface area is 578 Å². The number of hydrogen-bond donors (Lipinski definition) is 16. The number of rotatable bonds is 32. The molecule has 16 N–H and O–H groups in total. The summed E-state index contributed by atoms with van der Waals surface area (Å²) in [6.45, 7) is 22.0. The molecule has 12 unspecified atom stereocenters. The predicted octanol–water partition coefficient (Wildman–Crippen LogP) is 1.11. The Morgan fingerprint density at radius 1 is 0.330 bits per heavy atom. The van der Waals surface area contributed by atoms with Gasteiger partial charge in [-0.15, -0.1) is 0 Å². The van der Waals surface area contributed by atoms with Gasteiger partial charge in [-0.25, -0.2) is 37.4 Å². The summed E-state index contributed by atoms with van der Waals surface area (Å²) >= 11 is 0. The number of carbonyl (C=O) groups excluding carboxylic acids is 7. The van der Waals surface area contributed by atoms with Crippen LogP contribution in [0.3, 0.4) is 0 Å². The van der Waals surface area contributed by atoms with Crippen molar-refractivity contribution < 1.29 is 183 Å². The van der Waals surface area contributed by atoms with Gasteiger partial charge in [0.25, 0.3) is 0 Å². The van der Waals surface area contributed by atoms with Gasteiger partial charge in [0.05, 0.1) is 101 Å². The normalized spacial score (nSPS) is 23.5. The number of ether oxygens (including phenoxy) is 11. The molecule has 4 rings (SSSR count). The van der Waals surface area contributed by atoms with Crippen LogP contribution in [-0.4, -0.2) is 242 Å². The molecule has 0 amide bonds. The molecule has 12 atom stereocenters. The van der Waals surface area contributed by atoms with Crippen LogP contribution in [0.1, 0.15) is 130 Å². The molecule has 0 heterocycles. The molecule has 0 aromatic rings. The Balaban J connectivity index is 0. The first kappa shape index (κ1) is 97.4. The first-order valence-electron chi connectivity index (χ1n) is 31.1. The van der Waals surface area contributed by atoms with Gasteiger partial charge in [0.15, 0.2) is 0 Å². The minimum atomic E-state index is -4.64.